The lowest BCUT2D eigenvalue weighted by atomic mass is 9.90. The van der Waals surface area contributed by atoms with Gasteiger partial charge in [-0.25, -0.2) is 4.79 Å². The lowest BCUT2D eigenvalue weighted by molar-refractivity contribution is 0.0150. The van der Waals surface area contributed by atoms with E-state index < -0.39 is 5.60 Å². The maximum atomic E-state index is 13.0. The quantitative estimate of drug-likeness (QED) is 0.0973. The van der Waals surface area contributed by atoms with Gasteiger partial charge in [0.25, 0.3) is 0 Å². The molecule has 40 heavy (non-hydrogen) atoms. The third-order valence-corrected chi connectivity index (χ3v) is 7.16. The Morgan fingerprint density at radius 2 is 1.88 bits per heavy atom. The summed E-state index contributed by atoms with van der Waals surface area (Å²) in [5.41, 5.74) is 5.81. The lowest BCUT2D eigenvalue weighted by Crippen LogP contribution is -2.44. The topological polar surface area (TPSA) is 78.6 Å². The SMILES string of the molecule is C=C(C/C(C(=C)C)=C(C(C)=NC)\C(I)=C/C(C)c1cc(C#N)ccn1)C[C@@H](C)N(CC(C)C)C(=O)OC(C)(C)C. The Bertz CT molecular complexity index is 1210. The summed E-state index contributed by atoms with van der Waals surface area (Å²) in [6, 6.07) is 5.65. The van der Waals surface area contributed by atoms with Crippen LogP contribution in [-0.2, 0) is 4.74 Å². The number of carbonyl (C=O) groups is 1. The Morgan fingerprint density at radius 1 is 1.25 bits per heavy atom. The molecule has 0 spiro atoms. The fourth-order valence-electron chi connectivity index (χ4n) is 4.25. The van der Waals surface area contributed by atoms with Crippen LogP contribution in [0.2, 0.25) is 0 Å². The molecule has 218 valence electrons. The van der Waals surface area contributed by atoms with E-state index in [1.165, 1.54) is 0 Å². The Balaban J connectivity index is 3.37. The number of halogens is 1. The van der Waals surface area contributed by atoms with Crippen molar-refractivity contribution in [1.82, 2.24) is 9.88 Å². The molecule has 1 heterocycles. The third-order valence-electron chi connectivity index (χ3n) is 6.26. The largest absolute Gasteiger partial charge is 0.444 e. The van der Waals surface area contributed by atoms with Crippen LogP contribution in [0.4, 0.5) is 4.79 Å². The molecular formula is C33H47IN4O2. The van der Waals surface area contributed by atoms with E-state index in [0.29, 0.717) is 30.9 Å². The third kappa shape index (κ3) is 11.4. The van der Waals surface area contributed by atoms with Gasteiger partial charge in [0.05, 0.1) is 11.6 Å². The zero-order chi connectivity index (χ0) is 30.8. The minimum absolute atomic E-state index is 0.00660. The predicted octanol–water partition coefficient (Wildman–Crippen LogP) is 8.96. The van der Waals surface area contributed by atoms with Gasteiger partial charge in [-0.2, -0.15) is 5.26 Å². The summed E-state index contributed by atoms with van der Waals surface area (Å²) in [7, 11) is 1.79. The Hall–Kier alpha value is -2.73. The number of pyridine rings is 1. The Labute approximate surface area is 256 Å². The number of carbonyl (C=O) groups excluding carboxylic acids is 1. The van der Waals surface area contributed by atoms with Gasteiger partial charge < -0.3 is 9.64 Å². The maximum Gasteiger partial charge on any atom is 0.410 e. The number of ether oxygens (including phenoxy) is 1. The molecular weight excluding hydrogens is 611 g/mol. The molecule has 7 heteroatoms. The zero-order valence-electron chi connectivity index (χ0n) is 26.1. The maximum absolute atomic E-state index is 13.0. The van der Waals surface area contributed by atoms with Gasteiger partial charge in [-0.1, -0.05) is 51.2 Å². The second-order valence-electron chi connectivity index (χ2n) is 11.8. The van der Waals surface area contributed by atoms with Crippen LogP contribution < -0.4 is 0 Å². The summed E-state index contributed by atoms with van der Waals surface area (Å²) >= 11 is 2.36. The predicted molar refractivity (Wildman–Crippen MR) is 176 cm³/mol. The minimum Gasteiger partial charge on any atom is -0.444 e. The fraction of sp³-hybridized carbons (Fsp3) is 0.515. The minimum atomic E-state index is -0.559. The van der Waals surface area contributed by atoms with Gasteiger partial charge in [-0.3, -0.25) is 9.98 Å². The van der Waals surface area contributed by atoms with Crippen molar-refractivity contribution in [2.24, 2.45) is 10.9 Å². The van der Waals surface area contributed by atoms with Crippen LogP contribution in [0.5, 0.6) is 0 Å². The van der Waals surface area contributed by atoms with Crippen molar-refractivity contribution in [3.05, 3.63) is 74.7 Å². The average Bonchev–Trinajstić information content (AvgIpc) is 2.85. The zero-order valence-corrected chi connectivity index (χ0v) is 28.2. The number of allylic oxidation sites excluding steroid dienone is 5. The number of nitriles is 1. The van der Waals surface area contributed by atoms with Crippen LogP contribution in [0, 0.1) is 17.2 Å². The number of hydrogen-bond acceptors (Lipinski definition) is 5. The molecule has 0 aliphatic carbocycles. The molecule has 1 aromatic rings. The number of aromatic nitrogens is 1. The first-order valence-corrected chi connectivity index (χ1v) is 14.8. The molecule has 1 amide bonds. The molecule has 0 fully saturated rings. The van der Waals surface area contributed by atoms with Crippen LogP contribution in [0.15, 0.2) is 68.4 Å². The van der Waals surface area contributed by atoms with E-state index in [0.717, 1.165) is 37.3 Å². The summed E-state index contributed by atoms with van der Waals surface area (Å²) in [5, 5.41) is 9.29. The van der Waals surface area contributed by atoms with Crippen molar-refractivity contribution < 1.29 is 9.53 Å². The van der Waals surface area contributed by atoms with Crippen molar-refractivity contribution in [3.8, 4) is 6.07 Å². The number of aliphatic imine (C=N–C) groups is 1. The van der Waals surface area contributed by atoms with Crippen LogP contribution >= 0.6 is 22.6 Å². The van der Waals surface area contributed by atoms with Gasteiger partial charge in [0.2, 0.25) is 0 Å². The first kappa shape index (κ1) is 35.3. The lowest BCUT2D eigenvalue weighted by Gasteiger charge is -2.33. The standard InChI is InChI=1S/C33H47IN4O2/c1-21(2)20-38(32(39)40-33(9,10)11)25(7)15-23(5)16-28(22(3)4)31(26(8)36-12)29(34)17-24(6)30-18-27(19-35)13-14-37-30/h13-14,17-18,21,24-25H,3,5,15-16,20H2,1-2,4,6-12H3/b29-17+,31-28+,36-26?/t24?,25-/m1/s1. The molecule has 1 aromatic heterocycles. The highest BCUT2D eigenvalue weighted by molar-refractivity contribution is 14.1. The Morgan fingerprint density at radius 3 is 2.38 bits per heavy atom. The van der Waals surface area contributed by atoms with E-state index in [1.807, 2.05) is 45.6 Å². The van der Waals surface area contributed by atoms with E-state index in [4.69, 9.17) is 4.74 Å². The number of rotatable bonds is 12. The van der Waals surface area contributed by atoms with E-state index >= 15 is 0 Å². The molecule has 6 nitrogen and oxygen atoms in total. The Kier molecular flexibility index (Phi) is 14.0. The second-order valence-corrected chi connectivity index (χ2v) is 13.0. The number of hydrogen-bond donors (Lipinski definition) is 0. The monoisotopic (exact) mass is 658 g/mol. The smallest absolute Gasteiger partial charge is 0.410 e. The number of nitrogens with zero attached hydrogens (tertiary/aromatic N) is 4. The highest BCUT2D eigenvalue weighted by Gasteiger charge is 2.27. The van der Waals surface area contributed by atoms with Crippen LogP contribution in [0.25, 0.3) is 0 Å². The summed E-state index contributed by atoms with van der Waals surface area (Å²) < 4.78 is 6.75. The second kappa shape index (κ2) is 15.9. The molecule has 0 bridgehead atoms. The molecule has 0 N–H and O–H groups in total. The summed E-state index contributed by atoms with van der Waals surface area (Å²) in [4.78, 5) is 23.9. The highest BCUT2D eigenvalue weighted by Crippen LogP contribution is 2.33. The van der Waals surface area contributed by atoms with Gasteiger partial charge in [0.1, 0.15) is 5.60 Å². The molecule has 0 aliphatic rings. The molecule has 0 aliphatic heterocycles. The molecule has 1 rings (SSSR count). The van der Waals surface area contributed by atoms with Gasteiger partial charge in [-0.15, -0.1) is 0 Å². The van der Waals surface area contributed by atoms with E-state index in [1.54, 1.807) is 19.3 Å². The van der Waals surface area contributed by atoms with Gasteiger partial charge >= 0.3 is 6.09 Å². The fourth-order valence-corrected chi connectivity index (χ4v) is 5.51. The van der Waals surface area contributed by atoms with Crippen molar-refractivity contribution in [1.29, 1.82) is 5.26 Å². The normalized spacial score (nSPS) is 14.7. The van der Waals surface area contributed by atoms with E-state index in [-0.39, 0.29) is 18.1 Å². The first-order valence-electron chi connectivity index (χ1n) is 13.7. The molecule has 0 radical (unpaired) electrons. The van der Waals surface area contributed by atoms with E-state index in [2.05, 4.69) is 85.6 Å². The summed E-state index contributed by atoms with van der Waals surface area (Å²) in [5.74, 6) is 0.300. The van der Waals surface area contributed by atoms with Crippen LogP contribution in [0.1, 0.15) is 92.3 Å². The van der Waals surface area contributed by atoms with Crippen molar-refractivity contribution in [2.45, 2.75) is 92.7 Å². The summed E-state index contributed by atoms with van der Waals surface area (Å²) in [6.07, 6.45) is 4.77. The molecule has 0 saturated heterocycles. The molecule has 1 unspecified atom stereocenters. The molecule has 2 atom stereocenters. The number of amides is 1. The molecule has 0 aromatic carbocycles. The van der Waals surface area contributed by atoms with Crippen LogP contribution in [0.3, 0.4) is 0 Å². The molecule has 0 saturated carbocycles. The first-order chi connectivity index (χ1) is 18.5. The van der Waals surface area contributed by atoms with Gasteiger partial charge in [0.15, 0.2) is 0 Å². The van der Waals surface area contributed by atoms with Crippen LogP contribution in [-0.4, -0.2) is 46.9 Å². The average molecular weight is 659 g/mol. The van der Waals surface area contributed by atoms with Crippen molar-refractivity contribution in [2.75, 3.05) is 13.6 Å². The highest BCUT2D eigenvalue weighted by atomic mass is 127. The van der Waals surface area contributed by atoms with Gasteiger partial charge in [0, 0.05) is 52.3 Å². The summed E-state index contributed by atoms with van der Waals surface area (Å²) in [6.45, 7) is 27.3. The van der Waals surface area contributed by atoms with Crippen molar-refractivity contribution >= 4 is 34.4 Å². The van der Waals surface area contributed by atoms with Gasteiger partial charge in [-0.05, 0) is 101 Å². The van der Waals surface area contributed by atoms with E-state index in [9.17, 15) is 10.1 Å². The van der Waals surface area contributed by atoms with Crippen molar-refractivity contribution in [3.63, 3.8) is 0 Å².